The van der Waals surface area contributed by atoms with E-state index in [0.29, 0.717) is 6.26 Å². The minimum Gasteiger partial charge on any atom is -0.812 e. The smallest absolute Gasteiger partial charge is 0.812 e. The van der Waals surface area contributed by atoms with Crippen LogP contribution < -0.4 is 5.11 Å². The van der Waals surface area contributed by atoms with Crippen LogP contribution in [0, 0.1) is 11.5 Å². The predicted molar refractivity (Wildman–Crippen MR) is 5.61 cm³/mol. The van der Waals surface area contributed by atoms with Crippen molar-refractivity contribution in [2.75, 3.05) is 0 Å². The summed E-state index contributed by atoms with van der Waals surface area (Å²) < 4.78 is 0. The average Bonchev–Trinajstić information content (AvgIpc) is 0.918. The maximum absolute atomic E-state index is 8.24. The molecule has 0 saturated heterocycles. The Bertz CT molecular complexity index is 29.5. The van der Waals surface area contributed by atoms with Gasteiger partial charge in [0.15, 0.2) is 0 Å². The Morgan fingerprint density at radius 1 is 1.75 bits per heavy atom. The van der Waals surface area contributed by atoms with E-state index in [9.17, 15) is 0 Å². The molecule has 0 atom stereocenters. The van der Waals surface area contributed by atoms with Crippen molar-refractivity contribution in [2.45, 2.75) is 0 Å². The largest absolute Gasteiger partial charge is 1.00 e. The fourth-order valence-corrected chi connectivity index (χ4v) is 0. The molecule has 0 amide bonds. The first-order chi connectivity index (χ1) is 1.41. The van der Waals surface area contributed by atoms with Gasteiger partial charge in [-0.05, 0) is 0 Å². The molecule has 0 aliphatic carbocycles. The van der Waals surface area contributed by atoms with Crippen LogP contribution in [0.3, 0.4) is 0 Å². The topological polar surface area (TPSA) is 46.8 Å². The van der Waals surface area contributed by atoms with Crippen LogP contribution in [0.15, 0.2) is 0 Å². The molecule has 0 bridgehead atoms. The second kappa shape index (κ2) is 11.8. The van der Waals surface area contributed by atoms with Crippen LogP contribution in [0.4, 0.5) is 0 Å². The fraction of sp³-hybridized carbons (Fsp3) is 0. The second-order valence-corrected chi connectivity index (χ2v) is 0.0913. The van der Waals surface area contributed by atoms with E-state index in [1.54, 1.807) is 0 Å². The zero-order valence-corrected chi connectivity index (χ0v) is 3.14. The Labute approximate surface area is 39.6 Å². The van der Waals surface area contributed by atoms with Crippen LogP contribution in [0.1, 0.15) is 0 Å². The third kappa shape index (κ3) is 2350. The molecule has 2 nitrogen and oxygen atoms in total. The van der Waals surface area contributed by atoms with Gasteiger partial charge < -0.3 is 5.11 Å². The van der Waals surface area contributed by atoms with Gasteiger partial charge in [0.2, 0.25) is 0 Å². The number of rotatable bonds is 0. The molecule has 0 fully saturated rings. The van der Waals surface area contributed by atoms with E-state index < -0.39 is 0 Å². The molecule has 3 heteroatoms. The molecule has 0 aromatic heterocycles. The van der Waals surface area contributed by atoms with Gasteiger partial charge in [-0.15, -0.1) is 0 Å². The van der Waals surface area contributed by atoms with Crippen molar-refractivity contribution in [1.82, 2.24) is 0 Å². The van der Waals surface area contributed by atoms with E-state index in [1.165, 1.54) is 0 Å². The van der Waals surface area contributed by atoms with Crippen LogP contribution in [-0.4, -0.2) is 0 Å². The third-order valence-electron chi connectivity index (χ3n) is 0. The van der Waals surface area contributed by atoms with E-state index in [0.717, 1.165) is 0 Å². The van der Waals surface area contributed by atoms with Crippen LogP contribution >= 0.6 is 0 Å². The molecule has 26 valence electrons. The first-order valence-corrected chi connectivity index (χ1v) is 0.428. The van der Waals surface area contributed by atoms with E-state index in [-0.39, 0.29) is 22.4 Å². The van der Waals surface area contributed by atoms with Gasteiger partial charge in [0, 0.05) is 6.26 Å². The van der Waals surface area contributed by atoms with Gasteiger partial charge in [0.25, 0.3) is 0 Å². The summed E-state index contributed by atoms with van der Waals surface area (Å²) in [6.07, 6.45) is 0.500. The summed E-state index contributed by atoms with van der Waals surface area (Å²) in [6.45, 7) is 0. The number of hydrogen-bond donors (Lipinski definition) is 0. The minimum absolute atomic E-state index is 0. The van der Waals surface area contributed by atoms with Gasteiger partial charge in [-0.3, -0.25) is 0 Å². The van der Waals surface area contributed by atoms with Crippen molar-refractivity contribution in [3.8, 4) is 6.26 Å². The van der Waals surface area contributed by atoms with Gasteiger partial charge in [0.1, 0.15) is 0 Å². The van der Waals surface area contributed by atoms with Crippen molar-refractivity contribution < 1.29 is 27.5 Å². The maximum atomic E-state index is 8.24. The molecule has 0 saturated carbocycles. The van der Waals surface area contributed by atoms with Gasteiger partial charge >= 0.3 is 22.4 Å². The van der Waals surface area contributed by atoms with E-state index in [2.05, 4.69) is 0 Å². The number of nitriles is 1. The summed E-state index contributed by atoms with van der Waals surface area (Å²) in [5.74, 6) is 0. The van der Waals surface area contributed by atoms with Crippen molar-refractivity contribution in [1.29, 1.82) is 5.26 Å². The Morgan fingerprint density at radius 2 is 1.75 bits per heavy atom. The molecule has 0 aliphatic heterocycles. The molecule has 0 rings (SSSR count). The van der Waals surface area contributed by atoms with Crippen LogP contribution in [-0.2, 0) is 22.4 Å². The fourth-order valence-electron chi connectivity index (χ4n) is 0. The molecular formula is CAgNO. The first kappa shape index (κ1) is 8.98. The SMILES string of the molecule is N#C[O-].[Ag+]. The quantitative estimate of drug-likeness (QED) is 0.322. The second-order valence-electron chi connectivity index (χ2n) is 0.0913. The van der Waals surface area contributed by atoms with E-state index >= 15 is 0 Å². The predicted octanol–water partition coefficient (Wildman–Crippen LogP) is -1.17. The third-order valence-corrected chi connectivity index (χ3v) is 0. The number of nitrogens with zero attached hydrogens (tertiary/aromatic N) is 1. The molecule has 0 aromatic carbocycles. The molecule has 0 aromatic rings. The van der Waals surface area contributed by atoms with Crippen molar-refractivity contribution >= 4 is 0 Å². The van der Waals surface area contributed by atoms with Gasteiger partial charge in [-0.2, -0.15) is 0 Å². The van der Waals surface area contributed by atoms with Crippen molar-refractivity contribution in [3.63, 3.8) is 0 Å². The summed E-state index contributed by atoms with van der Waals surface area (Å²) >= 11 is 0. The molecule has 0 radical (unpaired) electrons. The summed E-state index contributed by atoms with van der Waals surface area (Å²) in [5, 5.41) is 15.0. The Kier molecular flexibility index (Phi) is 26.4. The van der Waals surface area contributed by atoms with Crippen LogP contribution in [0.2, 0.25) is 0 Å². The standard InChI is InChI=1S/CHNO.Ag/c2-1-3;/h3H;/q;+1/p-1. The summed E-state index contributed by atoms with van der Waals surface area (Å²) in [7, 11) is 0. The summed E-state index contributed by atoms with van der Waals surface area (Å²) in [6, 6.07) is 0. The first-order valence-electron chi connectivity index (χ1n) is 0.428. The molecule has 0 aliphatic rings. The average molecular weight is 150 g/mol. The minimum atomic E-state index is 0. The maximum Gasteiger partial charge on any atom is 1.00 e. The van der Waals surface area contributed by atoms with Gasteiger partial charge in [0.05, 0.1) is 0 Å². The Hall–Kier alpha value is 0.0303. The molecule has 0 unspecified atom stereocenters. The van der Waals surface area contributed by atoms with E-state index in [1.807, 2.05) is 0 Å². The van der Waals surface area contributed by atoms with Gasteiger partial charge in [-0.1, -0.05) is 0 Å². The van der Waals surface area contributed by atoms with Crippen LogP contribution in [0.5, 0.6) is 0 Å². The van der Waals surface area contributed by atoms with Crippen molar-refractivity contribution in [3.05, 3.63) is 0 Å². The van der Waals surface area contributed by atoms with E-state index in [4.69, 9.17) is 10.4 Å². The van der Waals surface area contributed by atoms with Crippen molar-refractivity contribution in [2.24, 2.45) is 0 Å². The molecule has 0 spiro atoms. The van der Waals surface area contributed by atoms with Crippen LogP contribution in [0.25, 0.3) is 0 Å². The van der Waals surface area contributed by atoms with Gasteiger partial charge in [-0.25, -0.2) is 5.26 Å². The number of hydrogen-bond acceptors (Lipinski definition) is 2. The zero-order chi connectivity index (χ0) is 2.71. The summed E-state index contributed by atoms with van der Waals surface area (Å²) in [5.41, 5.74) is 0. The summed E-state index contributed by atoms with van der Waals surface area (Å²) in [4.78, 5) is 0. The zero-order valence-electron chi connectivity index (χ0n) is 1.66. The monoisotopic (exact) mass is 149 g/mol. The molecule has 4 heavy (non-hydrogen) atoms. The normalized spacial score (nSPS) is 1.75. The molecule has 0 heterocycles. The Balaban J connectivity index is 0. The molecule has 0 N–H and O–H groups in total. The Morgan fingerprint density at radius 3 is 1.75 bits per heavy atom. The molecular weight excluding hydrogens is 150 g/mol.